The molecule has 3 aliphatic rings. The first kappa shape index (κ1) is 10.5. The standard InChI is InChI=1S/C14H14O3/c15-14-12-7-6-11(17-14)8-13(12)16-9-10-4-2-1-3-5-10/h1-7,11-13H,8-9H2/t11-,12+,13+/m0/s1. The monoisotopic (exact) mass is 230 g/mol. The number of fused-ring (bicyclic) bond motifs is 2. The Kier molecular flexibility index (Phi) is 2.69. The summed E-state index contributed by atoms with van der Waals surface area (Å²) in [6.07, 6.45) is 4.52. The molecule has 1 fully saturated rings. The number of carbonyl (C=O) groups is 1. The van der Waals surface area contributed by atoms with Crippen LogP contribution in [0.4, 0.5) is 0 Å². The van der Waals surface area contributed by atoms with Crippen LogP contribution in [0.15, 0.2) is 42.5 Å². The molecule has 3 nitrogen and oxygen atoms in total. The third-order valence-corrected chi connectivity index (χ3v) is 3.24. The highest BCUT2D eigenvalue weighted by Gasteiger charge is 2.40. The van der Waals surface area contributed by atoms with E-state index in [9.17, 15) is 4.79 Å². The molecule has 2 heterocycles. The molecule has 0 amide bonds. The van der Waals surface area contributed by atoms with Crippen LogP contribution in [0, 0.1) is 5.92 Å². The van der Waals surface area contributed by atoms with Gasteiger partial charge >= 0.3 is 5.97 Å². The maximum Gasteiger partial charge on any atom is 0.316 e. The second-order valence-corrected chi connectivity index (χ2v) is 4.46. The van der Waals surface area contributed by atoms with Gasteiger partial charge in [0.2, 0.25) is 0 Å². The fourth-order valence-corrected chi connectivity index (χ4v) is 2.32. The summed E-state index contributed by atoms with van der Waals surface area (Å²) in [4.78, 5) is 11.5. The predicted octanol–water partition coefficient (Wildman–Crippen LogP) is 2.07. The highest BCUT2D eigenvalue weighted by Crippen LogP contribution is 2.31. The molecule has 0 spiro atoms. The molecule has 88 valence electrons. The van der Waals surface area contributed by atoms with E-state index in [0.29, 0.717) is 6.61 Å². The minimum atomic E-state index is -0.219. The molecule has 2 aliphatic heterocycles. The van der Waals surface area contributed by atoms with Gasteiger partial charge in [0.05, 0.1) is 12.7 Å². The number of benzene rings is 1. The number of hydrogen-bond acceptors (Lipinski definition) is 3. The molecular formula is C14H14O3. The van der Waals surface area contributed by atoms with E-state index in [2.05, 4.69) is 0 Å². The topological polar surface area (TPSA) is 35.5 Å². The van der Waals surface area contributed by atoms with Crippen molar-refractivity contribution in [1.29, 1.82) is 0 Å². The van der Waals surface area contributed by atoms with Crippen molar-refractivity contribution < 1.29 is 14.3 Å². The number of ether oxygens (including phenoxy) is 2. The Morgan fingerprint density at radius 1 is 1.24 bits per heavy atom. The van der Waals surface area contributed by atoms with Crippen molar-refractivity contribution >= 4 is 5.97 Å². The zero-order valence-corrected chi connectivity index (χ0v) is 9.41. The Morgan fingerprint density at radius 2 is 2.06 bits per heavy atom. The lowest BCUT2D eigenvalue weighted by Crippen LogP contribution is -2.44. The zero-order chi connectivity index (χ0) is 11.7. The van der Waals surface area contributed by atoms with E-state index in [4.69, 9.17) is 9.47 Å². The number of hydrogen-bond donors (Lipinski definition) is 0. The summed E-state index contributed by atoms with van der Waals surface area (Å²) in [5.74, 6) is -0.370. The molecule has 0 N–H and O–H groups in total. The smallest absolute Gasteiger partial charge is 0.316 e. The van der Waals surface area contributed by atoms with Crippen molar-refractivity contribution in [2.75, 3.05) is 0 Å². The van der Waals surface area contributed by atoms with Crippen LogP contribution in [0.5, 0.6) is 0 Å². The van der Waals surface area contributed by atoms with Crippen LogP contribution >= 0.6 is 0 Å². The van der Waals surface area contributed by atoms with E-state index < -0.39 is 0 Å². The molecule has 1 saturated heterocycles. The first-order chi connectivity index (χ1) is 8.33. The molecule has 3 heteroatoms. The minimum Gasteiger partial charge on any atom is -0.458 e. The quantitative estimate of drug-likeness (QED) is 0.589. The van der Waals surface area contributed by atoms with E-state index in [1.54, 1.807) is 0 Å². The summed E-state index contributed by atoms with van der Waals surface area (Å²) in [5.41, 5.74) is 1.13. The summed E-state index contributed by atoms with van der Waals surface area (Å²) < 4.78 is 11.0. The summed E-state index contributed by atoms with van der Waals surface area (Å²) in [6, 6.07) is 10.00. The van der Waals surface area contributed by atoms with Gasteiger partial charge in [-0.3, -0.25) is 4.79 Å². The minimum absolute atomic E-state index is 0.0357. The molecule has 2 bridgehead atoms. The second kappa shape index (κ2) is 4.34. The van der Waals surface area contributed by atoms with Gasteiger partial charge < -0.3 is 9.47 Å². The van der Waals surface area contributed by atoms with Gasteiger partial charge in [-0.1, -0.05) is 36.4 Å². The predicted molar refractivity (Wildman–Crippen MR) is 62.1 cm³/mol. The van der Waals surface area contributed by atoms with Crippen molar-refractivity contribution in [3.8, 4) is 0 Å². The van der Waals surface area contributed by atoms with Crippen LogP contribution in [0.3, 0.4) is 0 Å². The van der Waals surface area contributed by atoms with E-state index >= 15 is 0 Å². The van der Waals surface area contributed by atoms with E-state index in [1.807, 2.05) is 42.5 Å². The molecule has 4 rings (SSSR count). The molecule has 1 aliphatic carbocycles. The van der Waals surface area contributed by atoms with Crippen molar-refractivity contribution in [2.24, 2.45) is 5.92 Å². The molecule has 0 radical (unpaired) electrons. The Balaban J connectivity index is 1.64. The van der Waals surface area contributed by atoms with Gasteiger partial charge in [0.15, 0.2) is 0 Å². The van der Waals surface area contributed by atoms with Gasteiger partial charge in [0.1, 0.15) is 12.0 Å². The largest absolute Gasteiger partial charge is 0.458 e. The summed E-state index contributed by atoms with van der Waals surface area (Å²) in [5, 5.41) is 0. The van der Waals surface area contributed by atoms with E-state index in [1.165, 1.54) is 0 Å². The SMILES string of the molecule is O=C1O[C@H]2C=C[C@@H]1[C@H](OCc1ccccc1)C2. The molecule has 1 aromatic rings. The Labute approximate surface area is 100 Å². The van der Waals surface area contributed by atoms with Crippen LogP contribution in [0.25, 0.3) is 0 Å². The first-order valence-corrected chi connectivity index (χ1v) is 5.87. The Morgan fingerprint density at radius 3 is 2.76 bits per heavy atom. The molecule has 17 heavy (non-hydrogen) atoms. The summed E-state index contributed by atoms with van der Waals surface area (Å²) in [7, 11) is 0. The molecule has 0 saturated carbocycles. The maximum absolute atomic E-state index is 11.5. The van der Waals surface area contributed by atoms with Gasteiger partial charge in [0.25, 0.3) is 0 Å². The van der Waals surface area contributed by atoms with E-state index in [0.717, 1.165) is 12.0 Å². The summed E-state index contributed by atoms with van der Waals surface area (Å²) in [6.45, 7) is 0.551. The first-order valence-electron chi connectivity index (χ1n) is 5.87. The number of rotatable bonds is 3. The lowest BCUT2D eigenvalue weighted by atomic mass is 9.88. The van der Waals surface area contributed by atoms with E-state index in [-0.39, 0.29) is 24.1 Å². The van der Waals surface area contributed by atoms with Crippen molar-refractivity contribution in [3.05, 3.63) is 48.0 Å². The van der Waals surface area contributed by atoms with Crippen molar-refractivity contribution in [3.63, 3.8) is 0 Å². The number of carbonyl (C=O) groups excluding carboxylic acids is 1. The Bertz CT molecular complexity index is 438. The fourth-order valence-electron chi connectivity index (χ4n) is 2.32. The van der Waals surface area contributed by atoms with Gasteiger partial charge in [-0.15, -0.1) is 0 Å². The van der Waals surface area contributed by atoms with Crippen molar-refractivity contribution in [2.45, 2.75) is 25.2 Å². The fraction of sp³-hybridized carbons (Fsp3) is 0.357. The summed E-state index contributed by atoms with van der Waals surface area (Å²) >= 11 is 0. The van der Waals surface area contributed by atoms with Gasteiger partial charge in [-0.2, -0.15) is 0 Å². The van der Waals surface area contributed by atoms with Crippen LogP contribution in [0.1, 0.15) is 12.0 Å². The van der Waals surface area contributed by atoms with Crippen LogP contribution in [-0.4, -0.2) is 18.2 Å². The molecule has 1 aromatic carbocycles. The highest BCUT2D eigenvalue weighted by atomic mass is 16.6. The maximum atomic E-state index is 11.5. The lowest BCUT2D eigenvalue weighted by molar-refractivity contribution is -0.169. The average Bonchev–Trinajstić information content (AvgIpc) is 2.38. The zero-order valence-electron chi connectivity index (χ0n) is 9.41. The molecule has 0 aromatic heterocycles. The normalized spacial score (nSPS) is 30.4. The van der Waals surface area contributed by atoms with Crippen LogP contribution in [-0.2, 0) is 20.9 Å². The van der Waals surface area contributed by atoms with Gasteiger partial charge in [-0.25, -0.2) is 0 Å². The van der Waals surface area contributed by atoms with Crippen LogP contribution in [0.2, 0.25) is 0 Å². The Hall–Kier alpha value is -1.61. The molecule has 0 unspecified atom stereocenters. The average molecular weight is 230 g/mol. The molecular weight excluding hydrogens is 216 g/mol. The molecule has 3 atom stereocenters. The number of esters is 1. The van der Waals surface area contributed by atoms with Crippen LogP contribution < -0.4 is 0 Å². The third kappa shape index (κ3) is 2.11. The highest BCUT2D eigenvalue weighted by molar-refractivity contribution is 5.77. The lowest BCUT2D eigenvalue weighted by Gasteiger charge is -2.36. The van der Waals surface area contributed by atoms with Gasteiger partial charge in [-0.05, 0) is 11.6 Å². The third-order valence-electron chi connectivity index (χ3n) is 3.24. The second-order valence-electron chi connectivity index (χ2n) is 4.46. The van der Waals surface area contributed by atoms with Gasteiger partial charge in [0, 0.05) is 6.42 Å². The van der Waals surface area contributed by atoms with Crippen molar-refractivity contribution in [1.82, 2.24) is 0 Å².